The van der Waals surface area contributed by atoms with Gasteiger partial charge in [0.2, 0.25) is 0 Å². The summed E-state index contributed by atoms with van der Waals surface area (Å²) in [5.41, 5.74) is 8.29. The maximum Gasteiger partial charge on any atom is 0.101 e. The number of nitrogens with zero attached hydrogens (tertiary/aromatic N) is 2. The Kier molecular flexibility index (Phi) is 4.19. The van der Waals surface area contributed by atoms with Gasteiger partial charge in [-0.2, -0.15) is 5.26 Å². The number of hydrogen-bond acceptors (Lipinski definition) is 4. The van der Waals surface area contributed by atoms with Crippen molar-refractivity contribution >= 4 is 5.69 Å². The molecule has 1 heterocycles. The first-order chi connectivity index (χ1) is 8.74. The molecule has 96 valence electrons. The number of rotatable bonds is 2. The summed E-state index contributed by atoms with van der Waals surface area (Å²) >= 11 is 0. The molecule has 0 amide bonds. The standard InChI is InChI=1S/C14H19N3O/c1-11-10-17(5-2-6-18-11)14-4-3-12(8-15)7-13(14)9-16/h3-4,7,11H,2,5-6,8,10,15H2,1H3. The Morgan fingerprint density at radius 2 is 2.39 bits per heavy atom. The van der Waals surface area contributed by atoms with Crippen LogP contribution in [0.25, 0.3) is 0 Å². The van der Waals surface area contributed by atoms with E-state index in [1.165, 1.54) is 0 Å². The fourth-order valence-electron chi connectivity index (χ4n) is 2.29. The van der Waals surface area contributed by atoms with Gasteiger partial charge in [-0.3, -0.25) is 0 Å². The van der Waals surface area contributed by atoms with Gasteiger partial charge in [0.1, 0.15) is 6.07 Å². The molecule has 0 radical (unpaired) electrons. The van der Waals surface area contributed by atoms with Crippen LogP contribution in [-0.2, 0) is 11.3 Å². The number of hydrogen-bond donors (Lipinski definition) is 1. The second kappa shape index (κ2) is 5.85. The minimum Gasteiger partial charge on any atom is -0.377 e. The van der Waals surface area contributed by atoms with Gasteiger partial charge in [0.25, 0.3) is 0 Å². The van der Waals surface area contributed by atoms with Crippen molar-refractivity contribution in [3.05, 3.63) is 29.3 Å². The fraction of sp³-hybridized carbons (Fsp3) is 0.500. The van der Waals surface area contributed by atoms with Gasteiger partial charge in [-0.15, -0.1) is 0 Å². The van der Waals surface area contributed by atoms with Crippen molar-refractivity contribution in [2.24, 2.45) is 5.73 Å². The van der Waals surface area contributed by atoms with Crippen molar-refractivity contribution in [2.75, 3.05) is 24.6 Å². The van der Waals surface area contributed by atoms with Crippen LogP contribution in [0, 0.1) is 11.3 Å². The third kappa shape index (κ3) is 2.81. The predicted octanol–water partition coefficient (Wildman–Crippen LogP) is 1.63. The first kappa shape index (κ1) is 12.9. The van der Waals surface area contributed by atoms with Crippen LogP contribution >= 0.6 is 0 Å². The normalized spacial score (nSPS) is 20.3. The average molecular weight is 245 g/mol. The molecule has 0 spiro atoms. The summed E-state index contributed by atoms with van der Waals surface area (Å²) in [5, 5.41) is 9.26. The van der Waals surface area contributed by atoms with Crippen molar-refractivity contribution in [2.45, 2.75) is 26.0 Å². The van der Waals surface area contributed by atoms with E-state index in [9.17, 15) is 5.26 Å². The molecule has 0 aromatic heterocycles. The van der Waals surface area contributed by atoms with Crippen LogP contribution in [0.15, 0.2) is 18.2 Å². The topological polar surface area (TPSA) is 62.3 Å². The zero-order valence-electron chi connectivity index (χ0n) is 10.7. The summed E-state index contributed by atoms with van der Waals surface area (Å²) in [6, 6.07) is 8.14. The van der Waals surface area contributed by atoms with E-state index >= 15 is 0 Å². The summed E-state index contributed by atoms with van der Waals surface area (Å²) in [5.74, 6) is 0. The van der Waals surface area contributed by atoms with Crippen molar-refractivity contribution in [1.82, 2.24) is 0 Å². The Bertz CT molecular complexity index is 453. The number of anilines is 1. The molecule has 2 rings (SSSR count). The molecule has 0 saturated carbocycles. The van der Waals surface area contributed by atoms with Gasteiger partial charge in [-0.1, -0.05) is 6.07 Å². The number of nitrogens with two attached hydrogens (primary N) is 1. The molecule has 2 N–H and O–H groups in total. The Morgan fingerprint density at radius 1 is 1.56 bits per heavy atom. The fourth-order valence-corrected chi connectivity index (χ4v) is 2.29. The van der Waals surface area contributed by atoms with Crippen LogP contribution in [0.3, 0.4) is 0 Å². The highest BCUT2D eigenvalue weighted by Gasteiger charge is 2.17. The molecule has 0 aliphatic carbocycles. The van der Waals surface area contributed by atoms with E-state index in [-0.39, 0.29) is 6.10 Å². The average Bonchev–Trinajstić information content (AvgIpc) is 2.62. The highest BCUT2D eigenvalue weighted by molar-refractivity contribution is 5.60. The monoisotopic (exact) mass is 245 g/mol. The maximum atomic E-state index is 9.26. The Balaban J connectivity index is 2.29. The zero-order valence-corrected chi connectivity index (χ0v) is 10.7. The van der Waals surface area contributed by atoms with Crippen LogP contribution in [0.5, 0.6) is 0 Å². The SMILES string of the molecule is CC1CN(c2ccc(CN)cc2C#N)CCCO1. The largest absolute Gasteiger partial charge is 0.377 e. The highest BCUT2D eigenvalue weighted by atomic mass is 16.5. The third-order valence-corrected chi connectivity index (χ3v) is 3.21. The third-order valence-electron chi connectivity index (χ3n) is 3.21. The molecule has 1 unspecified atom stereocenters. The number of ether oxygens (including phenoxy) is 1. The Hall–Kier alpha value is -1.57. The van der Waals surface area contributed by atoms with Gasteiger partial charge >= 0.3 is 0 Å². The molecular formula is C14H19N3O. The summed E-state index contributed by atoms with van der Waals surface area (Å²) in [4.78, 5) is 2.23. The second-order valence-corrected chi connectivity index (χ2v) is 4.65. The molecule has 1 fully saturated rings. The Labute approximate surface area is 108 Å². The predicted molar refractivity (Wildman–Crippen MR) is 71.3 cm³/mol. The van der Waals surface area contributed by atoms with E-state index in [2.05, 4.69) is 17.9 Å². The van der Waals surface area contributed by atoms with Crippen molar-refractivity contribution in [3.63, 3.8) is 0 Å². The smallest absolute Gasteiger partial charge is 0.101 e. The van der Waals surface area contributed by atoms with Gasteiger partial charge in [-0.25, -0.2) is 0 Å². The molecule has 18 heavy (non-hydrogen) atoms. The lowest BCUT2D eigenvalue weighted by atomic mass is 10.1. The summed E-state index contributed by atoms with van der Waals surface area (Å²) < 4.78 is 5.63. The molecular weight excluding hydrogens is 226 g/mol. The van der Waals surface area contributed by atoms with Crippen LogP contribution in [-0.4, -0.2) is 25.8 Å². The molecule has 0 bridgehead atoms. The maximum absolute atomic E-state index is 9.26. The van der Waals surface area contributed by atoms with E-state index in [0.29, 0.717) is 12.1 Å². The molecule has 4 nitrogen and oxygen atoms in total. The lowest BCUT2D eigenvalue weighted by Gasteiger charge is -2.25. The quantitative estimate of drug-likeness (QED) is 0.860. The van der Waals surface area contributed by atoms with E-state index in [4.69, 9.17) is 10.5 Å². The van der Waals surface area contributed by atoms with E-state index in [0.717, 1.165) is 37.4 Å². The second-order valence-electron chi connectivity index (χ2n) is 4.65. The lowest BCUT2D eigenvalue weighted by Crippen LogP contribution is -2.30. The van der Waals surface area contributed by atoms with Gasteiger partial charge < -0.3 is 15.4 Å². The van der Waals surface area contributed by atoms with Crippen LogP contribution in [0.1, 0.15) is 24.5 Å². The van der Waals surface area contributed by atoms with Crippen LogP contribution in [0.2, 0.25) is 0 Å². The summed E-state index contributed by atoms with van der Waals surface area (Å²) in [6.45, 7) is 5.09. The van der Waals surface area contributed by atoms with Crippen LogP contribution in [0.4, 0.5) is 5.69 Å². The molecule has 1 aliphatic heterocycles. The van der Waals surface area contributed by atoms with E-state index < -0.39 is 0 Å². The summed E-state index contributed by atoms with van der Waals surface area (Å²) in [6.07, 6.45) is 1.20. The zero-order chi connectivity index (χ0) is 13.0. The van der Waals surface area contributed by atoms with E-state index in [1.807, 2.05) is 18.2 Å². The van der Waals surface area contributed by atoms with Gasteiger partial charge in [-0.05, 0) is 31.0 Å². The Morgan fingerprint density at radius 3 is 3.11 bits per heavy atom. The van der Waals surface area contributed by atoms with Gasteiger partial charge in [0, 0.05) is 26.2 Å². The van der Waals surface area contributed by atoms with Gasteiger partial charge in [0.05, 0.1) is 17.4 Å². The number of nitriles is 1. The number of benzene rings is 1. The molecule has 4 heteroatoms. The molecule has 1 atom stereocenters. The minimum absolute atomic E-state index is 0.202. The van der Waals surface area contributed by atoms with Crippen LogP contribution < -0.4 is 10.6 Å². The molecule has 1 saturated heterocycles. The molecule has 1 aromatic rings. The van der Waals surface area contributed by atoms with Gasteiger partial charge in [0.15, 0.2) is 0 Å². The first-order valence-corrected chi connectivity index (χ1v) is 6.34. The lowest BCUT2D eigenvalue weighted by molar-refractivity contribution is 0.0821. The minimum atomic E-state index is 0.202. The van der Waals surface area contributed by atoms with Crippen molar-refractivity contribution in [1.29, 1.82) is 5.26 Å². The van der Waals surface area contributed by atoms with E-state index in [1.54, 1.807) is 0 Å². The summed E-state index contributed by atoms with van der Waals surface area (Å²) in [7, 11) is 0. The molecule has 1 aliphatic rings. The molecule has 1 aromatic carbocycles. The van der Waals surface area contributed by atoms with Crippen molar-refractivity contribution < 1.29 is 4.74 Å². The highest BCUT2D eigenvalue weighted by Crippen LogP contribution is 2.23. The first-order valence-electron chi connectivity index (χ1n) is 6.34. The van der Waals surface area contributed by atoms with Crippen molar-refractivity contribution in [3.8, 4) is 6.07 Å².